The van der Waals surface area contributed by atoms with Crippen LogP contribution in [0.5, 0.6) is 0 Å². The van der Waals surface area contributed by atoms with Crippen molar-refractivity contribution in [1.29, 1.82) is 0 Å². The molecule has 2 aliphatic rings. The highest BCUT2D eigenvalue weighted by atomic mass is 16.5. The lowest BCUT2D eigenvalue weighted by molar-refractivity contribution is -0.137. The Bertz CT molecular complexity index is 473. The van der Waals surface area contributed by atoms with E-state index in [4.69, 9.17) is 4.74 Å². The molecule has 2 atom stereocenters. The van der Waals surface area contributed by atoms with Crippen molar-refractivity contribution in [2.75, 3.05) is 19.7 Å². The molecule has 2 fully saturated rings. The number of fused-ring (bicyclic) bond motifs is 1. The van der Waals surface area contributed by atoms with Crippen LogP contribution in [0.3, 0.4) is 0 Å². The molecule has 2 aliphatic heterocycles. The second-order valence-electron chi connectivity index (χ2n) is 5.66. The van der Waals surface area contributed by atoms with Crippen LogP contribution in [0.2, 0.25) is 0 Å². The third kappa shape index (κ3) is 2.76. The van der Waals surface area contributed by atoms with Crippen molar-refractivity contribution in [3.63, 3.8) is 0 Å². The lowest BCUT2D eigenvalue weighted by atomic mass is 10.1. The summed E-state index contributed by atoms with van der Waals surface area (Å²) < 4.78 is 7.57. The van der Waals surface area contributed by atoms with E-state index in [0.717, 1.165) is 31.9 Å². The number of Topliss-reactive ketones (excluding diaryl/α,β-unsaturated/α-hetero) is 1. The normalized spacial score (nSPS) is 26.6. The molecule has 2 unspecified atom stereocenters. The number of carbonyl (C=O) groups is 1. The van der Waals surface area contributed by atoms with Crippen molar-refractivity contribution in [2.24, 2.45) is 0 Å². The predicted molar refractivity (Wildman–Crippen MR) is 73.4 cm³/mol. The van der Waals surface area contributed by atoms with Gasteiger partial charge in [0.1, 0.15) is 18.3 Å². The largest absolute Gasteiger partial charge is 0.367 e. The summed E-state index contributed by atoms with van der Waals surface area (Å²) in [6.45, 7) is 5.43. The zero-order valence-electron chi connectivity index (χ0n) is 12.0. The molecule has 3 heterocycles. The minimum atomic E-state index is -0.295. The summed E-state index contributed by atoms with van der Waals surface area (Å²) in [6, 6.07) is 0.530. The molecule has 3 rings (SSSR count). The van der Waals surface area contributed by atoms with Crippen molar-refractivity contribution in [1.82, 2.24) is 19.7 Å². The SMILES string of the molecule is CCCn1ncnc1CC(=O)C1CN2CCCC2CO1. The molecule has 0 bridgehead atoms. The molecule has 0 amide bonds. The molecule has 2 saturated heterocycles. The molecule has 0 spiro atoms. The van der Waals surface area contributed by atoms with E-state index in [0.29, 0.717) is 19.1 Å². The first kappa shape index (κ1) is 13.7. The van der Waals surface area contributed by atoms with Crippen molar-refractivity contribution in [3.05, 3.63) is 12.2 Å². The van der Waals surface area contributed by atoms with Crippen LogP contribution >= 0.6 is 0 Å². The van der Waals surface area contributed by atoms with Crippen molar-refractivity contribution >= 4 is 5.78 Å². The summed E-state index contributed by atoms with van der Waals surface area (Å²) in [5.74, 6) is 0.879. The number of ketones is 1. The highest BCUT2D eigenvalue weighted by molar-refractivity contribution is 5.85. The molecule has 0 aromatic carbocycles. The van der Waals surface area contributed by atoms with Crippen LogP contribution < -0.4 is 0 Å². The third-order valence-electron chi connectivity index (χ3n) is 4.21. The number of morpholine rings is 1. The zero-order chi connectivity index (χ0) is 13.9. The number of hydrogen-bond acceptors (Lipinski definition) is 5. The van der Waals surface area contributed by atoms with E-state index in [-0.39, 0.29) is 11.9 Å². The third-order valence-corrected chi connectivity index (χ3v) is 4.21. The van der Waals surface area contributed by atoms with Crippen molar-refractivity contribution in [3.8, 4) is 0 Å². The molecule has 6 nitrogen and oxygen atoms in total. The highest BCUT2D eigenvalue weighted by Gasteiger charge is 2.35. The van der Waals surface area contributed by atoms with E-state index < -0.39 is 0 Å². The second kappa shape index (κ2) is 6.01. The quantitative estimate of drug-likeness (QED) is 0.792. The number of rotatable bonds is 5. The summed E-state index contributed by atoms with van der Waals surface area (Å²) in [5.41, 5.74) is 0. The van der Waals surface area contributed by atoms with Crippen LogP contribution in [0.15, 0.2) is 6.33 Å². The fourth-order valence-corrected chi connectivity index (χ4v) is 3.11. The Balaban J connectivity index is 1.60. The van der Waals surface area contributed by atoms with Crippen LogP contribution in [0.4, 0.5) is 0 Å². The van der Waals surface area contributed by atoms with E-state index in [1.165, 1.54) is 19.2 Å². The van der Waals surface area contributed by atoms with Gasteiger partial charge in [0, 0.05) is 19.1 Å². The zero-order valence-corrected chi connectivity index (χ0v) is 12.0. The molecule has 0 radical (unpaired) electrons. The molecular formula is C14H22N4O2. The minimum absolute atomic E-state index is 0.126. The molecule has 1 aromatic heterocycles. The Morgan fingerprint density at radius 2 is 2.45 bits per heavy atom. The van der Waals surface area contributed by atoms with E-state index in [2.05, 4.69) is 21.9 Å². The van der Waals surface area contributed by atoms with E-state index in [1.54, 1.807) is 0 Å². The van der Waals surface area contributed by atoms with Crippen LogP contribution in [-0.2, 0) is 22.5 Å². The van der Waals surface area contributed by atoms with Gasteiger partial charge in [0.25, 0.3) is 0 Å². The van der Waals surface area contributed by atoms with Crippen LogP contribution in [0.1, 0.15) is 32.0 Å². The van der Waals surface area contributed by atoms with E-state index in [1.807, 2.05) is 4.68 Å². The van der Waals surface area contributed by atoms with Gasteiger partial charge in [-0.1, -0.05) is 6.92 Å². The van der Waals surface area contributed by atoms with Gasteiger partial charge in [0.15, 0.2) is 5.78 Å². The smallest absolute Gasteiger partial charge is 0.170 e. The van der Waals surface area contributed by atoms with E-state index >= 15 is 0 Å². The van der Waals surface area contributed by atoms with Gasteiger partial charge in [0.2, 0.25) is 0 Å². The molecule has 1 aromatic rings. The average molecular weight is 278 g/mol. The Labute approximate surface area is 119 Å². The molecule has 20 heavy (non-hydrogen) atoms. The van der Waals surface area contributed by atoms with Crippen molar-refractivity contribution < 1.29 is 9.53 Å². The maximum absolute atomic E-state index is 12.4. The molecule has 110 valence electrons. The van der Waals surface area contributed by atoms with Gasteiger partial charge in [-0.25, -0.2) is 9.67 Å². The first-order chi connectivity index (χ1) is 9.78. The fourth-order valence-electron chi connectivity index (χ4n) is 3.11. The maximum atomic E-state index is 12.4. The molecule has 0 N–H and O–H groups in total. The Morgan fingerprint density at radius 1 is 1.55 bits per heavy atom. The number of nitrogens with zero attached hydrogens (tertiary/aromatic N) is 4. The predicted octanol–water partition coefficient (Wildman–Crippen LogP) is 0.663. The van der Waals surface area contributed by atoms with Gasteiger partial charge in [0.05, 0.1) is 13.0 Å². The van der Waals surface area contributed by atoms with Gasteiger partial charge >= 0.3 is 0 Å². The monoisotopic (exact) mass is 278 g/mol. The first-order valence-corrected chi connectivity index (χ1v) is 7.53. The van der Waals surface area contributed by atoms with Gasteiger partial charge < -0.3 is 4.74 Å². The minimum Gasteiger partial charge on any atom is -0.367 e. The second-order valence-corrected chi connectivity index (χ2v) is 5.66. The lowest BCUT2D eigenvalue weighted by Crippen LogP contribution is -2.49. The Morgan fingerprint density at radius 3 is 3.30 bits per heavy atom. The Hall–Kier alpha value is -1.27. The average Bonchev–Trinajstić information content (AvgIpc) is 3.07. The molecule has 0 aliphatic carbocycles. The maximum Gasteiger partial charge on any atom is 0.170 e. The number of aromatic nitrogens is 3. The summed E-state index contributed by atoms with van der Waals surface area (Å²) in [5, 5.41) is 4.16. The summed E-state index contributed by atoms with van der Waals surface area (Å²) in [6.07, 6.45) is 4.96. The fraction of sp³-hybridized carbons (Fsp3) is 0.786. The van der Waals surface area contributed by atoms with Gasteiger partial charge in [-0.15, -0.1) is 0 Å². The Kier molecular flexibility index (Phi) is 4.12. The number of aryl methyl sites for hydroxylation is 1. The van der Waals surface area contributed by atoms with Crippen LogP contribution in [0, 0.1) is 0 Å². The molecular weight excluding hydrogens is 256 g/mol. The van der Waals surface area contributed by atoms with Crippen LogP contribution in [-0.4, -0.2) is 57.3 Å². The van der Waals surface area contributed by atoms with Gasteiger partial charge in [-0.2, -0.15) is 5.10 Å². The summed E-state index contributed by atoms with van der Waals surface area (Å²) in [7, 11) is 0. The van der Waals surface area contributed by atoms with E-state index in [9.17, 15) is 4.79 Å². The lowest BCUT2D eigenvalue weighted by Gasteiger charge is -2.34. The highest BCUT2D eigenvalue weighted by Crippen LogP contribution is 2.23. The standard InChI is InChI=1S/C14H22N4O2/c1-2-5-18-14(15-10-16-18)7-12(19)13-8-17-6-3-4-11(17)9-20-13/h10-11,13H,2-9H2,1H3. The topological polar surface area (TPSA) is 60.2 Å². The molecule has 6 heteroatoms. The summed E-state index contributed by atoms with van der Waals surface area (Å²) in [4.78, 5) is 19.0. The molecule has 0 saturated carbocycles. The summed E-state index contributed by atoms with van der Waals surface area (Å²) >= 11 is 0. The number of hydrogen-bond donors (Lipinski definition) is 0. The van der Waals surface area contributed by atoms with Crippen LogP contribution in [0.25, 0.3) is 0 Å². The number of ether oxygens (including phenoxy) is 1. The van der Waals surface area contributed by atoms with Crippen molar-refractivity contribution in [2.45, 2.75) is 51.3 Å². The number of carbonyl (C=O) groups excluding carboxylic acids is 1. The van der Waals surface area contributed by atoms with Gasteiger partial charge in [-0.3, -0.25) is 9.69 Å². The first-order valence-electron chi connectivity index (χ1n) is 7.53. The van der Waals surface area contributed by atoms with Gasteiger partial charge in [-0.05, 0) is 25.8 Å².